The van der Waals surface area contributed by atoms with Gasteiger partial charge in [-0.05, 0) is 20.8 Å². The van der Waals surface area contributed by atoms with Crippen LogP contribution < -0.4 is 10.6 Å². The maximum absolute atomic E-state index is 11.3. The highest BCUT2D eigenvalue weighted by Gasteiger charge is 2.17. The van der Waals surface area contributed by atoms with Gasteiger partial charge in [0.05, 0.1) is 0 Å². The number of amidine groups is 1. The van der Waals surface area contributed by atoms with Crippen molar-refractivity contribution in [2.75, 3.05) is 6.54 Å². The fourth-order valence-electron chi connectivity index (χ4n) is 1.21. The second kappa shape index (κ2) is 5.34. The minimum Gasteiger partial charge on any atom is -0.510 e. The number of aliphatic hydroxyl groups excluding tert-OH is 1. The molecule has 88 valence electrons. The Labute approximate surface area is 95.0 Å². The van der Waals surface area contributed by atoms with Gasteiger partial charge >= 0.3 is 0 Å². The lowest BCUT2D eigenvalue weighted by Gasteiger charge is -2.09. The normalized spacial score (nSPS) is 21.9. The van der Waals surface area contributed by atoms with Gasteiger partial charge in [-0.3, -0.25) is 4.79 Å². The zero-order valence-corrected chi connectivity index (χ0v) is 9.79. The van der Waals surface area contributed by atoms with E-state index >= 15 is 0 Å². The molecule has 1 fully saturated rings. The molecule has 1 aliphatic rings. The molecular formula is C11H17N3O2. The largest absolute Gasteiger partial charge is 0.510 e. The van der Waals surface area contributed by atoms with Crippen LogP contribution in [0.4, 0.5) is 0 Å². The van der Waals surface area contributed by atoms with Crippen molar-refractivity contribution in [2.24, 2.45) is 4.99 Å². The molecule has 5 nitrogen and oxygen atoms in total. The Morgan fingerprint density at radius 3 is 2.69 bits per heavy atom. The molecule has 0 unspecified atom stereocenters. The van der Waals surface area contributed by atoms with E-state index in [-0.39, 0.29) is 11.7 Å². The molecule has 0 aromatic heterocycles. The van der Waals surface area contributed by atoms with Crippen LogP contribution in [-0.4, -0.2) is 23.4 Å². The topological polar surface area (TPSA) is 73.7 Å². The molecule has 0 bridgehead atoms. The summed E-state index contributed by atoms with van der Waals surface area (Å²) < 4.78 is 0. The lowest BCUT2D eigenvalue weighted by atomic mass is 10.3. The third kappa shape index (κ3) is 3.42. The molecule has 1 amide bonds. The van der Waals surface area contributed by atoms with Crippen molar-refractivity contribution >= 4 is 11.7 Å². The molecule has 5 heteroatoms. The number of allylic oxidation sites excluding steroid dienone is 2. The van der Waals surface area contributed by atoms with Gasteiger partial charge in [-0.15, -0.1) is 0 Å². The molecule has 0 aromatic rings. The van der Waals surface area contributed by atoms with Gasteiger partial charge < -0.3 is 15.7 Å². The zero-order chi connectivity index (χ0) is 12.1. The number of hydrogen-bond acceptors (Lipinski definition) is 3. The second-order valence-corrected chi connectivity index (χ2v) is 3.87. The minimum absolute atomic E-state index is 0.0451. The SMILES string of the molecule is CC(C)=C/N=C1/NCCC(=O)N/C1=C(/C)O. The zero-order valence-electron chi connectivity index (χ0n) is 9.79. The van der Waals surface area contributed by atoms with Gasteiger partial charge in [0.2, 0.25) is 5.91 Å². The van der Waals surface area contributed by atoms with Gasteiger partial charge in [-0.2, -0.15) is 0 Å². The van der Waals surface area contributed by atoms with E-state index in [2.05, 4.69) is 15.6 Å². The standard InChI is InChI=1S/C11H17N3O2/c1-7(2)6-13-11-10(8(3)15)14-9(16)4-5-12-11/h6,15H,4-5H2,1-3H3,(H,12,13)(H,14,16)/b10-8-. The van der Waals surface area contributed by atoms with Crippen molar-refractivity contribution in [3.05, 3.63) is 23.2 Å². The summed E-state index contributed by atoms with van der Waals surface area (Å²) in [7, 11) is 0. The Kier molecular flexibility index (Phi) is 4.10. The van der Waals surface area contributed by atoms with Crippen molar-refractivity contribution < 1.29 is 9.90 Å². The van der Waals surface area contributed by atoms with Crippen LogP contribution in [0.2, 0.25) is 0 Å². The first-order valence-corrected chi connectivity index (χ1v) is 5.16. The number of carbonyl (C=O) groups is 1. The summed E-state index contributed by atoms with van der Waals surface area (Å²) in [6.45, 7) is 5.88. The van der Waals surface area contributed by atoms with Gasteiger partial charge in [0, 0.05) is 19.2 Å². The summed E-state index contributed by atoms with van der Waals surface area (Å²) in [5, 5.41) is 15.1. The predicted molar refractivity (Wildman–Crippen MR) is 63.0 cm³/mol. The summed E-state index contributed by atoms with van der Waals surface area (Å²) >= 11 is 0. The van der Waals surface area contributed by atoms with E-state index < -0.39 is 0 Å². The number of carbonyl (C=O) groups excluding carboxylic acids is 1. The van der Waals surface area contributed by atoms with Crippen LogP contribution in [0, 0.1) is 0 Å². The first-order valence-electron chi connectivity index (χ1n) is 5.16. The third-order valence-corrected chi connectivity index (χ3v) is 1.96. The first-order chi connectivity index (χ1) is 7.50. The Hall–Kier alpha value is -1.78. The molecule has 16 heavy (non-hydrogen) atoms. The van der Waals surface area contributed by atoms with Crippen molar-refractivity contribution in [1.29, 1.82) is 0 Å². The van der Waals surface area contributed by atoms with Gasteiger partial charge in [0.15, 0.2) is 5.84 Å². The fraction of sp³-hybridized carbons (Fsp3) is 0.455. The van der Waals surface area contributed by atoms with Crippen molar-refractivity contribution in [2.45, 2.75) is 27.2 Å². The molecule has 0 radical (unpaired) electrons. The van der Waals surface area contributed by atoms with Gasteiger partial charge in [0.25, 0.3) is 0 Å². The first kappa shape index (κ1) is 12.3. The fourth-order valence-corrected chi connectivity index (χ4v) is 1.21. The van der Waals surface area contributed by atoms with Crippen LogP contribution in [0.3, 0.4) is 0 Å². The molecule has 3 N–H and O–H groups in total. The van der Waals surface area contributed by atoms with Crippen LogP contribution in [0.25, 0.3) is 0 Å². The molecule has 1 heterocycles. The highest BCUT2D eigenvalue weighted by molar-refractivity contribution is 6.03. The number of aliphatic hydroxyl groups is 1. The van der Waals surface area contributed by atoms with Crippen molar-refractivity contribution in [3.8, 4) is 0 Å². The van der Waals surface area contributed by atoms with Crippen LogP contribution in [-0.2, 0) is 4.79 Å². The van der Waals surface area contributed by atoms with E-state index in [4.69, 9.17) is 0 Å². The summed E-state index contributed by atoms with van der Waals surface area (Å²) in [4.78, 5) is 15.5. The molecule has 0 spiro atoms. The quantitative estimate of drug-likeness (QED) is 0.585. The Bertz CT molecular complexity index is 373. The number of amides is 1. The summed E-state index contributed by atoms with van der Waals surface area (Å²) in [6, 6.07) is 0. The number of hydrogen-bond donors (Lipinski definition) is 3. The van der Waals surface area contributed by atoms with Gasteiger partial charge in [-0.25, -0.2) is 4.99 Å². The van der Waals surface area contributed by atoms with E-state index in [1.165, 1.54) is 6.92 Å². The number of nitrogens with zero attached hydrogens (tertiary/aromatic N) is 1. The maximum Gasteiger partial charge on any atom is 0.226 e. The molecule has 1 rings (SSSR count). The lowest BCUT2D eigenvalue weighted by Crippen LogP contribution is -2.30. The average molecular weight is 223 g/mol. The van der Waals surface area contributed by atoms with E-state index in [1.54, 1.807) is 6.20 Å². The maximum atomic E-state index is 11.3. The third-order valence-electron chi connectivity index (χ3n) is 1.96. The molecule has 1 aliphatic heterocycles. The lowest BCUT2D eigenvalue weighted by molar-refractivity contribution is -0.120. The summed E-state index contributed by atoms with van der Waals surface area (Å²) in [6.07, 6.45) is 2.05. The van der Waals surface area contributed by atoms with E-state index in [9.17, 15) is 9.90 Å². The number of nitrogens with one attached hydrogen (secondary N) is 2. The highest BCUT2D eigenvalue weighted by Crippen LogP contribution is 2.04. The highest BCUT2D eigenvalue weighted by atomic mass is 16.3. The smallest absolute Gasteiger partial charge is 0.226 e. The average Bonchev–Trinajstić information content (AvgIpc) is 2.37. The minimum atomic E-state index is -0.127. The van der Waals surface area contributed by atoms with Crippen LogP contribution >= 0.6 is 0 Å². The Morgan fingerprint density at radius 1 is 1.44 bits per heavy atom. The van der Waals surface area contributed by atoms with Crippen LogP contribution in [0.5, 0.6) is 0 Å². The van der Waals surface area contributed by atoms with E-state index in [0.29, 0.717) is 24.5 Å². The van der Waals surface area contributed by atoms with Crippen LogP contribution in [0.15, 0.2) is 28.2 Å². The second-order valence-electron chi connectivity index (χ2n) is 3.87. The molecule has 0 aliphatic carbocycles. The van der Waals surface area contributed by atoms with Crippen molar-refractivity contribution in [3.63, 3.8) is 0 Å². The molecular weight excluding hydrogens is 206 g/mol. The van der Waals surface area contributed by atoms with Gasteiger partial charge in [0.1, 0.15) is 11.5 Å². The Balaban J connectivity index is 3.05. The van der Waals surface area contributed by atoms with Crippen molar-refractivity contribution in [1.82, 2.24) is 10.6 Å². The van der Waals surface area contributed by atoms with E-state index in [1.807, 2.05) is 13.8 Å². The van der Waals surface area contributed by atoms with E-state index in [0.717, 1.165) is 5.57 Å². The molecule has 0 aromatic carbocycles. The molecule has 0 saturated carbocycles. The monoisotopic (exact) mass is 223 g/mol. The number of aliphatic imine (C=N–C) groups is 1. The van der Waals surface area contributed by atoms with Crippen LogP contribution in [0.1, 0.15) is 27.2 Å². The summed E-state index contributed by atoms with van der Waals surface area (Å²) in [5.41, 5.74) is 1.39. The number of rotatable bonds is 1. The predicted octanol–water partition coefficient (Wildman–Crippen LogP) is 1.21. The molecule has 1 saturated heterocycles. The molecule has 0 atom stereocenters. The van der Waals surface area contributed by atoms with Gasteiger partial charge in [-0.1, -0.05) is 5.57 Å². The Morgan fingerprint density at radius 2 is 2.12 bits per heavy atom. The summed E-state index contributed by atoms with van der Waals surface area (Å²) in [5.74, 6) is 0.411.